The van der Waals surface area contributed by atoms with Crippen LogP contribution < -0.4 is 10.1 Å². The second-order valence-electron chi connectivity index (χ2n) is 4.93. The van der Waals surface area contributed by atoms with Gasteiger partial charge < -0.3 is 15.0 Å². The molecule has 0 heterocycles. The van der Waals surface area contributed by atoms with Gasteiger partial charge in [0.1, 0.15) is 0 Å². The Labute approximate surface area is 119 Å². The molecule has 0 bridgehead atoms. The second kappa shape index (κ2) is 7.69. The SMILES string of the molecule is CCN(C)CCNc1ccc([N+](=O)[O-])c(OC(C)C)c1. The zero-order chi connectivity index (χ0) is 15.1. The Balaban J connectivity index is 2.76. The van der Waals surface area contributed by atoms with Crippen LogP contribution in [0.25, 0.3) is 0 Å². The summed E-state index contributed by atoms with van der Waals surface area (Å²) in [4.78, 5) is 12.7. The number of rotatable bonds is 8. The molecular weight excluding hydrogens is 258 g/mol. The molecule has 0 saturated heterocycles. The van der Waals surface area contributed by atoms with Gasteiger partial charge in [0.15, 0.2) is 5.75 Å². The van der Waals surface area contributed by atoms with E-state index in [2.05, 4.69) is 17.1 Å². The molecule has 0 aliphatic rings. The van der Waals surface area contributed by atoms with Crippen LogP contribution in [0, 0.1) is 10.1 Å². The molecule has 0 fully saturated rings. The van der Waals surface area contributed by atoms with Crippen molar-refractivity contribution in [2.45, 2.75) is 26.9 Å². The molecule has 0 amide bonds. The largest absolute Gasteiger partial charge is 0.484 e. The summed E-state index contributed by atoms with van der Waals surface area (Å²) in [6.45, 7) is 8.47. The lowest BCUT2D eigenvalue weighted by molar-refractivity contribution is -0.386. The first-order valence-corrected chi connectivity index (χ1v) is 6.81. The van der Waals surface area contributed by atoms with Gasteiger partial charge in [-0.25, -0.2) is 0 Å². The fourth-order valence-corrected chi connectivity index (χ4v) is 1.67. The zero-order valence-electron chi connectivity index (χ0n) is 12.5. The van der Waals surface area contributed by atoms with E-state index in [0.717, 1.165) is 25.3 Å². The third kappa shape index (κ3) is 5.05. The lowest BCUT2D eigenvalue weighted by Gasteiger charge is -2.15. The van der Waals surface area contributed by atoms with Gasteiger partial charge in [-0.15, -0.1) is 0 Å². The molecule has 0 saturated carbocycles. The molecule has 1 N–H and O–H groups in total. The molecule has 6 heteroatoms. The quantitative estimate of drug-likeness (QED) is 0.586. The van der Waals surface area contributed by atoms with Crippen molar-refractivity contribution in [3.05, 3.63) is 28.3 Å². The lowest BCUT2D eigenvalue weighted by atomic mass is 10.2. The van der Waals surface area contributed by atoms with Gasteiger partial charge in [0.05, 0.1) is 11.0 Å². The Morgan fingerprint density at radius 3 is 2.70 bits per heavy atom. The van der Waals surface area contributed by atoms with Gasteiger partial charge in [-0.05, 0) is 33.5 Å². The topological polar surface area (TPSA) is 67.6 Å². The summed E-state index contributed by atoms with van der Waals surface area (Å²) in [5.74, 6) is 0.304. The molecule has 1 rings (SSSR count). The minimum absolute atomic E-state index is 0.00470. The minimum atomic E-state index is -0.424. The highest BCUT2D eigenvalue weighted by Gasteiger charge is 2.16. The van der Waals surface area contributed by atoms with Crippen LogP contribution in [0.3, 0.4) is 0 Å². The first kappa shape index (κ1) is 16.2. The Bertz CT molecular complexity index is 449. The van der Waals surface area contributed by atoms with E-state index < -0.39 is 4.92 Å². The Kier molecular flexibility index (Phi) is 6.24. The molecule has 0 spiro atoms. The minimum Gasteiger partial charge on any atom is -0.484 e. The van der Waals surface area contributed by atoms with Gasteiger partial charge in [-0.3, -0.25) is 10.1 Å². The molecule has 112 valence electrons. The van der Waals surface area contributed by atoms with Crippen LogP contribution in [0.1, 0.15) is 20.8 Å². The number of ether oxygens (including phenoxy) is 1. The maximum Gasteiger partial charge on any atom is 0.311 e. The molecule has 0 aromatic heterocycles. The molecule has 0 atom stereocenters. The molecule has 1 aromatic carbocycles. The zero-order valence-corrected chi connectivity index (χ0v) is 12.5. The number of benzene rings is 1. The molecular formula is C14H23N3O3. The predicted molar refractivity (Wildman–Crippen MR) is 80.5 cm³/mol. The summed E-state index contributed by atoms with van der Waals surface area (Å²) in [5.41, 5.74) is 0.825. The Hall–Kier alpha value is -1.82. The predicted octanol–water partition coefficient (Wildman–Crippen LogP) is 2.75. The number of hydrogen-bond donors (Lipinski definition) is 1. The fourth-order valence-electron chi connectivity index (χ4n) is 1.67. The van der Waals surface area contributed by atoms with Crippen molar-refractivity contribution in [3.63, 3.8) is 0 Å². The third-order valence-electron chi connectivity index (χ3n) is 2.88. The van der Waals surface area contributed by atoms with Crippen molar-refractivity contribution in [1.29, 1.82) is 0 Å². The maximum atomic E-state index is 11.0. The Morgan fingerprint density at radius 1 is 1.45 bits per heavy atom. The highest BCUT2D eigenvalue weighted by Crippen LogP contribution is 2.30. The number of hydrogen-bond acceptors (Lipinski definition) is 5. The average Bonchev–Trinajstić information content (AvgIpc) is 2.37. The number of anilines is 1. The van der Waals surface area contributed by atoms with Gasteiger partial charge in [0.2, 0.25) is 0 Å². The standard InChI is InChI=1S/C14H23N3O3/c1-5-16(4)9-8-15-12-6-7-13(17(18)19)14(10-12)20-11(2)3/h6-7,10-11,15H,5,8-9H2,1-4H3. The van der Waals surface area contributed by atoms with Crippen LogP contribution in [-0.4, -0.2) is 42.6 Å². The van der Waals surface area contributed by atoms with Crippen molar-refractivity contribution >= 4 is 11.4 Å². The van der Waals surface area contributed by atoms with Crippen LogP contribution in [0.2, 0.25) is 0 Å². The van der Waals surface area contributed by atoms with E-state index in [1.807, 2.05) is 20.9 Å². The van der Waals surface area contributed by atoms with Crippen molar-refractivity contribution in [2.75, 3.05) is 32.0 Å². The van der Waals surface area contributed by atoms with Gasteiger partial charge >= 0.3 is 5.69 Å². The number of nitro groups is 1. The number of likely N-dealkylation sites (N-methyl/N-ethyl adjacent to an activating group) is 1. The van der Waals surface area contributed by atoms with E-state index >= 15 is 0 Å². The van der Waals surface area contributed by atoms with E-state index in [4.69, 9.17) is 4.74 Å². The first-order chi connectivity index (χ1) is 9.43. The van der Waals surface area contributed by atoms with Crippen molar-refractivity contribution < 1.29 is 9.66 Å². The van der Waals surface area contributed by atoms with Gasteiger partial charge in [-0.2, -0.15) is 0 Å². The molecule has 0 aliphatic carbocycles. The maximum absolute atomic E-state index is 11.0. The third-order valence-corrected chi connectivity index (χ3v) is 2.88. The molecule has 0 aliphatic heterocycles. The summed E-state index contributed by atoms with van der Waals surface area (Å²) in [7, 11) is 2.05. The molecule has 6 nitrogen and oxygen atoms in total. The summed E-state index contributed by atoms with van der Waals surface area (Å²) in [6, 6.07) is 4.87. The molecule has 1 aromatic rings. The monoisotopic (exact) mass is 281 g/mol. The molecule has 0 unspecified atom stereocenters. The number of nitrogens with zero attached hydrogens (tertiary/aromatic N) is 2. The second-order valence-corrected chi connectivity index (χ2v) is 4.93. The van der Waals surface area contributed by atoms with E-state index in [9.17, 15) is 10.1 Å². The smallest absolute Gasteiger partial charge is 0.311 e. The van der Waals surface area contributed by atoms with Gasteiger partial charge in [-0.1, -0.05) is 6.92 Å². The summed E-state index contributed by atoms with van der Waals surface area (Å²) in [5, 5.41) is 14.2. The highest BCUT2D eigenvalue weighted by molar-refractivity contribution is 5.58. The molecule has 0 radical (unpaired) electrons. The number of nitro benzene ring substituents is 1. The van der Waals surface area contributed by atoms with E-state index in [1.54, 1.807) is 12.1 Å². The summed E-state index contributed by atoms with van der Waals surface area (Å²) < 4.78 is 5.50. The van der Waals surface area contributed by atoms with Crippen LogP contribution in [0.4, 0.5) is 11.4 Å². The van der Waals surface area contributed by atoms with E-state index in [0.29, 0.717) is 5.75 Å². The summed E-state index contributed by atoms with van der Waals surface area (Å²) >= 11 is 0. The van der Waals surface area contributed by atoms with E-state index in [-0.39, 0.29) is 11.8 Å². The van der Waals surface area contributed by atoms with Crippen molar-refractivity contribution in [3.8, 4) is 5.75 Å². The van der Waals surface area contributed by atoms with Crippen LogP contribution in [0.15, 0.2) is 18.2 Å². The van der Waals surface area contributed by atoms with Gasteiger partial charge in [0, 0.05) is 30.9 Å². The van der Waals surface area contributed by atoms with Crippen molar-refractivity contribution in [2.24, 2.45) is 0 Å². The normalized spacial score (nSPS) is 10.9. The van der Waals surface area contributed by atoms with Crippen LogP contribution in [0.5, 0.6) is 5.75 Å². The fraction of sp³-hybridized carbons (Fsp3) is 0.571. The van der Waals surface area contributed by atoms with Crippen LogP contribution >= 0.6 is 0 Å². The number of nitrogens with one attached hydrogen (secondary N) is 1. The first-order valence-electron chi connectivity index (χ1n) is 6.81. The average molecular weight is 281 g/mol. The van der Waals surface area contributed by atoms with Crippen molar-refractivity contribution in [1.82, 2.24) is 4.90 Å². The Morgan fingerprint density at radius 2 is 2.15 bits per heavy atom. The van der Waals surface area contributed by atoms with E-state index in [1.165, 1.54) is 6.07 Å². The molecule has 20 heavy (non-hydrogen) atoms. The lowest BCUT2D eigenvalue weighted by Crippen LogP contribution is -2.24. The summed E-state index contributed by atoms with van der Waals surface area (Å²) in [6.07, 6.45) is -0.102. The van der Waals surface area contributed by atoms with Crippen LogP contribution in [-0.2, 0) is 0 Å². The highest BCUT2D eigenvalue weighted by atomic mass is 16.6. The van der Waals surface area contributed by atoms with Gasteiger partial charge in [0.25, 0.3) is 0 Å².